The molecule has 1 aliphatic carbocycles. The Morgan fingerprint density at radius 1 is 0.900 bits per heavy atom. The summed E-state index contributed by atoms with van der Waals surface area (Å²) in [4.78, 5) is 11.9. The average molecular weight is 600 g/mol. The van der Waals surface area contributed by atoms with Crippen LogP contribution in [0.4, 0.5) is 35.5 Å². The summed E-state index contributed by atoms with van der Waals surface area (Å²) < 4.78 is 125. The summed E-state index contributed by atoms with van der Waals surface area (Å²) in [6, 6.07) is 5.70. The predicted octanol–water partition coefficient (Wildman–Crippen LogP) is 6.27. The van der Waals surface area contributed by atoms with E-state index in [1.165, 1.54) is 0 Å². The number of carbonyl (C=O) groups is 1. The lowest BCUT2D eigenvalue weighted by molar-refractivity contribution is -0.376. The molecule has 3 rings (SSSR count). The number of hydrogen-bond donors (Lipinski definition) is 2. The SMILES string of the molecule is CC(C)(C)OC(=O)N[C@H]1CC[C@@](c2ccc(C(O)(C(F)(F)F)C(F)(F)F)cc2)(S(=O)(=O)c2ccc(F)cc2)CC1. The third kappa shape index (κ3) is 5.92. The second-order valence-corrected chi connectivity index (χ2v) is 12.9. The summed E-state index contributed by atoms with van der Waals surface area (Å²) >= 11 is 0. The first-order chi connectivity index (χ1) is 18.1. The first-order valence-corrected chi connectivity index (χ1v) is 13.6. The number of aliphatic hydroxyl groups is 1. The maximum atomic E-state index is 13.9. The molecule has 0 spiro atoms. The van der Waals surface area contributed by atoms with Crippen molar-refractivity contribution in [2.24, 2.45) is 0 Å². The topological polar surface area (TPSA) is 92.7 Å². The summed E-state index contributed by atoms with van der Waals surface area (Å²) in [7, 11) is -4.40. The summed E-state index contributed by atoms with van der Waals surface area (Å²) in [5.74, 6) is -0.721. The highest BCUT2D eigenvalue weighted by Gasteiger charge is 2.71. The van der Waals surface area contributed by atoms with E-state index in [2.05, 4.69) is 5.32 Å². The number of ether oxygens (including phenoxy) is 1. The Balaban J connectivity index is 2.05. The van der Waals surface area contributed by atoms with E-state index >= 15 is 0 Å². The molecule has 222 valence electrons. The lowest BCUT2D eigenvalue weighted by Gasteiger charge is -2.40. The van der Waals surface area contributed by atoms with Crippen LogP contribution in [0.5, 0.6) is 0 Å². The summed E-state index contributed by atoms with van der Waals surface area (Å²) in [5, 5.41) is 12.4. The van der Waals surface area contributed by atoms with Crippen molar-refractivity contribution in [3.63, 3.8) is 0 Å². The van der Waals surface area contributed by atoms with E-state index in [9.17, 15) is 49.1 Å². The van der Waals surface area contributed by atoms with E-state index in [1.54, 1.807) is 20.8 Å². The number of hydrogen-bond acceptors (Lipinski definition) is 5. The minimum atomic E-state index is -6.12. The molecule has 0 bridgehead atoms. The molecule has 1 aliphatic rings. The lowest BCUT2D eigenvalue weighted by atomic mass is 9.80. The molecule has 14 heteroatoms. The van der Waals surface area contributed by atoms with Crippen molar-refractivity contribution in [1.82, 2.24) is 5.32 Å². The van der Waals surface area contributed by atoms with Crippen LogP contribution in [-0.4, -0.2) is 43.6 Å². The smallest absolute Gasteiger partial charge is 0.430 e. The summed E-state index contributed by atoms with van der Waals surface area (Å²) in [6.45, 7) is 4.95. The van der Waals surface area contributed by atoms with E-state index in [1.807, 2.05) is 0 Å². The molecular formula is C26H28F7NO5S. The zero-order valence-corrected chi connectivity index (χ0v) is 22.5. The molecule has 0 aromatic heterocycles. The number of amides is 1. The Labute approximate surface area is 226 Å². The van der Waals surface area contributed by atoms with E-state index < -0.39 is 61.7 Å². The molecule has 0 saturated heterocycles. The fourth-order valence-electron chi connectivity index (χ4n) is 4.76. The van der Waals surface area contributed by atoms with Crippen LogP contribution < -0.4 is 5.32 Å². The molecule has 1 fully saturated rings. The van der Waals surface area contributed by atoms with Gasteiger partial charge in [-0.3, -0.25) is 0 Å². The molecule has 0 unspecified atom stereocenters. The van der Waals surface area contributed by atoms with E-state index in [-0.39, 0.29) is 36.1 Å². The quantitative estimate of drug-likeness (QED) is 0.312. The maximum Gasteiger partial charge on any atom is 0.430 e. The van der Waals surface area contributed by atoms with Crippen molar-refractivity contribution in [3.8, 4) is 0 Å². The van der Waals surface area contributed by atoms with Gasteiger partial charge in [0.1, 0.15) is 16.2 Å². The van der Waals surface area contributed by atoms with Crippen molar-refractivity contribution in [2.45, 2.75) is 85.7 Å². The number of carbonyl (C=O) groups excluding carboxylic acids is 1. The Hall–Kier alpha value is -2.87. The van der Waals surface area contributed by atoms with Gasteiger partial charge in [0, 0.05) is 11.6 Å². The lowest BCUT2D eigenvalue weighted by Crippen LogP contribution is -2.54. The highest BCUT2D eigenvalue weighted by molar-refractivity contribution is 7.92. The molecule has 2 N–H and O–H groups in total. The third-order valence-electron chi connectivity index (χ3n) is 6.80. The van der Waals surface area contributed by atoms with Gasteiger partial charge in [-0.2, -0.15) is 26.3 Å². The van der Waals surface area contributed by atoms with E-state index in [0.717, 1.165) is 36.4 Å². The van der Waals surface area contributed by atoms with Gasteiger partial charge in [0.15, 0.2) is 9.84 Å². The van der Waals surface area contributed by atoms with Gasteiger partial charge in [-0.15, -0.1) is 0 Å². The fraction of sp³-hybridized carbons (Fsp3) is 0.500. The number of halogens is 7. The Kier molecular flexibility index (Phi) is 8.32. The van der Waals surface area contributed by atoms with Crippen LogP contribution in [0.15, 0.2) is 53.4 Å². The normalized spacial score (nSPS) is 21.1. The van der Waals surface area contributed by atoms with Crippen LogP contribution >= 0.6 is 0 Å². The maximum absolute atomic E-state index is 13.9. The fourth-order valence-corrected chi connectivity index (χ4v) is 6.92. The number of sulfone groups is 1. The third-order valence-corrected chi connectivity index (χ3v) is 9.37. The van der Waals surface area contributed by atoms with Gasteiger partial charge >= 0.3 is 18.4 Å². The standard InChI is InChI=1S/C26H28F7NO5S/c1-22(2,3)39-21(35)34-19-12-14-23(15-13-19,40(37,38)20-10-8-18(27)9-11-20)16-4-6-17(7-5-16)24(36,25(28,29)30)26(31,32)33/h4-11,19,36H,12-15H2,1-3H3,(H,34,35)/t19-,23+. The molecule has 0 atom stereocenters. The van der Waals surface area contributed by atoms with Gasteiger partial charge in [0.05, 0.1) is 4.90 Å². The van der Waals surface area contributed by atoms with Crippen LogP contribution in [-0.2, 0) is 24.9 Å². The van der Waals surface area contributed by atoms with Crippen LogP contribution in [0, 0.1) is 5.82 Å². The molecule has 2 aromatic rings. The van der Waals surface area contributed by atoms with Crippen LogP contribution in [0.3, 0.4) is 0 Å². The monoisotopic (exact) mass is 599 g/mol. The van der Waals surface area contributed by atoms with Gasteiger partial charge in [-0.05, 0) is 76.3 Å². The van der Waals surface area contributed by atoms with Crippen molar-refractivity contribution in [2.75, 3.05) is 0 Å². The van der Waals surface area contributed by atoms with E-state index in [4.69, 9.17) is 4.74 Å². The number of benzene rings is 2. The Bertz CT molecular complexity index is 1290. The molecule has 2 aromatic carbocycles. The summed E-state index contributed by atoms with van der Waals surface area (Å²) in [5.41, 5.74) is -7.64. The largest absolute Gasteiger partial charge is 0.444 e. The molecule has 6 nitrogen and oxygen atoms in total. The number of alkyl carbamates (subject to hydrolysis) is 1. The number of alkyl halides is 6. The summed E-state index contributed by atoms with van der Waals surface area (Å²) in [6.07, 6.45) is -13.2. The van der Waals surface area contributed by atoms with Gasteiger partial charge in [0.25, 0.3) is 5.60 Å². The Morgan fingerprint density at radius 3 is 1.80 bits per heavy atom. The molecule has 0 radical (unpaired) electrons. The van der Waals surface area contributed by atoms with Gasteiger partial charge < -0.3 is 15.2 Å². The zero-order valence-electron chi connectivity index (χ0n) is 21.7. The number of nitrogens with one attached hydrogen (secondary N) is 1. The van der Waals surface area contributed by atoms with Crippen LogP contribution in [0.25, 0.3) is 0 Å². The van der Waals surface area contributed by atoms with Crippen molar-refractivity contribution in [3.05, 3.63) is 65.5 Å². The average Bonchev–Trinajstić information content (AvgIpc) is 2.82. The highest BCUT2D eigenvalue weighted by Crippen LogP contribution is 2.51. The number of rotatable bonds is 5. The van der Waals surface area contributed by atoms with Crippen molar-refractivity contribution < 1.29 is 53.8 Å². The predicted molar refractivity (Wildman–Crippen MR) is 129 cm³/mol. The molecular weight excluding hydrogens is 571 g/mol. The Morgan fingerprint density at radius 2 is 1.38 bits per heavy atom. The van der Waals surface area contributed by atoms with Crippen LogP contribution in [0.1, 0.15) is 57.6 Å². The minimum Gasteiger partial charge on any atom is -0.444 e. The van der Waals surface area contributed by atoms with Gasteiger partial charge in [-0.25, -0.2) is 17.6 Å². The molecule has 0 aliphatic heterocycles. The first-order valence-electron chi connectivity index (χ1n) is 12.1. The second-order valence-electron chi connectivity index (χ2n) is 10.7. The zero-order chi connectivity index (χ0) is 30.4. The molecule has 40 heavy (non-hydrogen) atoms. The van der Waals surface area contributed by atoms with E-state index in [0.29, 0.717) is 12.1 Å². The van der Waals surface area contributed by atoms with Gasteiger partial charge in [-0.1, -0.05) is 24.3 Å². The van der Waals surface area contributed by atoms with Crippen molar-refractivity contribution in [1.29, 1.82) is 0 Å². The van der Waals surface area contributed by atoms with Gasteiger partial charge in [0.2, 0.25) is 0 Å². The first kappa shape index (κ1) is 31.7. The van der Waals surface area contributed by atoms with Crippen LogP contribution in [0.2, 0.25) is 0 Å². The molecule has 1 saturated carbocycles. The second kappa shape index (κ2) is 10.5. The minimum absolute atomic E-state index is 0.0659. The molecule has 0 heterocycles. The highest BCUT2D eigenvalue weighted by atomic mass is 32.2. The molecule has 1 amide bonds. The van der Waals surface area contributed by atoms with Crippen molar-refractivity contribution >= 4 is 15.9 Å².